The fraction of sp³-hybridized carbons (Fsp3) is 0.484. The van der Waals surface area contributed by atoms with Gasteiger partial charge in [-0.05, 0) is 48.6 Å². The first-order chi connectivity index (χ1) is 17.9. The van der Waals surface area contributed by atoms with E-state index in [1.165, 1.54) is 22.9 Å². The average molecular weight is 516 g/mol. The van der Waals surface area contributed by atoms with Gasteiger partial charge in [-0.25, -0.2) is 4.98 Å². The van der Waals surface area contributed by atoms with Crippen LogP contribution in [0.15, 0.2) is 48.8 Å². The van der Waals surface area contributed by atoms with Gasteiger partial charge in [0.2, 0.25) is 5.95 Å². The van der Waals surface area contributed by atoms with E-state index in [0.29, 0.717) is 11.6 Å². The molecule has 7 nitrogen and oxygen atoms in total. The van der Waals surface area contributed by atoms with Crippen LogP contribution in [0.25, 0.3) is 11.2 Å². The molecule has 3 aromatic rings. The van der Waals surface area contributed by atoms with Crippen molar-refractivity contribution in [1.29, 1.82) is 5.41 Å². The largest absolute Gasteiger partial charge is 0.343 e. The number of fused-ring (bicyclic) bond motifs is 1. The Morgan fingerprint density at radius 1 is 1.21 bits per heavy atom. The Labute approximate surface area is 228 Å². The molecule has 0 aliphatic rings. The van der Waals surface area contributed by atoms with Crippen LogP contribution < -0.4 is 9.80 Å². The van der Waals surface area contributed by atoms with Gasteiger partial charge in [-0.15, -0.1) is 6.58 Å². The molecule has 7 heteroatoms. The van der Waals surface area contributed by atoms with E-state index in [2.05, 4.69) is 94.2 Å². The summed E-state index contributed by atoms with van der Waals surface area (Å²) in [6.07, 6.45) is 9.35. The van der Waals surface area contributed by atoms with Crippen molar-refractivity contribution in [2.75, 3.05) is 30.4 Å². The maximum absolute atomic E-state index is 7.63. The number of rotatable bonds is 11. The van der Waals surface area contributed by atoms with Gasteiger partial charge in [-0.1, -0.05) is 64.5 Å². The first-order valence-corrected chi connectivity index (χ1v) is 13.5. The third kappa shape index (κ3) is 6.32. The van der Waals surface area contributed by atoms with Gasteiger partial charge in [0, 0.05) is 45.2 Å². The molecule has 0 spiro atoms. The fourth-order valence-electron chi connectivity index (χ4n) is 4.59. The molecule has 1 aromatic carbocycles. The van der Waals surface area contributed by atoms with E-state index in [0.717, 1.165) is 36.4 Å². The zero-order valence-electron chi connectivity index (χ0n) is 24.7. The summed E-state index contributed by atoms with van der Waals surface area (Å²) >= 11 is 0. The van der Waals surface area contributed by atoms with E-state index in [9.17, 15) is 0 Å². The van der Waals surface area contributed by atoms with Crippen LogP contribution in [0.4, 0.5) is 17.5 Å². The number of nitrogens with zero attached hydrogens (tertiary/aromatic N) is 6. The van der Waals surface area contributed by atoms with Crippen molar-refractivity contribution >= 4 is 34.8 Å². The summed E-state index contributed by atoms with van der Waals surface area (Å²) in [7, 11) is 6.10. The molecule has 0 fully saturated rings. The zero-order chi connectivity index (χ0) is 28.2. The monoisotopic (exact) mass is 515 g/mol. The molecule has 38 heavy (non-hydrogen) atoms. The van der Waals surface area contributed by atoms with Gasteiger partial charge in [0.15, 0.2) is 11.5 Å². The molecule has 2 unspecified atom stereocenters. The molecule has 0 aliphatic carbocycles. The van der Waals surface area contributed by atoms with Crippen LogP contribution in [0.5, 0.6) is 0 Å². The molecule has 2 atom stereocenters. The first-order valence-electron chi connectivity index (χ1n) is 13.5. The third-order valence-corrected chi connectivity index (χ3v) is 7.43. The number of anilines is 3. The highest BCUT2D eigenvalue weighted by atomic mass is 15.3. The number of hydrogen-bond acceptors (Lipinski definition) is 6. The van der Waals surface area contributed by atoms with Gasteiger partial charge < -0.3 is 19.8 Å². The predicted molar refractivity (Wildman–Crippen MR) is 162 cm³/mol. The van der Waals surface area contributed by atoms with Gasteiger partial charge in [0.05, 0.1) is 6.33 Å². The Morgan fingerprint density at radius 2 is 1.92 bits per heavy atom. The Balaban J connectivity index is 1.97. The third-order valence-electron chi connectivity index (χ3n) is 7.43. The molecule has 0 aliphatic heterocycles. The van der Waals surface area contributed by atoms with Crippen LogP contribution in [0.3, 0.4) is 0 Å². The molecule has 0 saturated heterocycles. The van der Waals surface area contributed by atoms with Gasteiger partial charge >= 0.3 is 0 Å². The highest BCUT2D eigenvalue weighted by molar-refractivity contribution is 5.88. The van der Waals surface area contributed by atoms with Gasteiger partial charge in [-0.2, -0.15) is 9.97 Å². The molecule has 204 valence electrons. The van der Waals surface area contributed by atoms with E-state index in [-0.39, 0.29) is 17.3 Å². The Kier molecular flexibility index (Phi) is 9.13. The van der Waals surface area contributed by atoms with Crippen molar-refractivity contribution in [1.82, 2.24) is 19.5 Å². The molecule has 2 heterocycles. The van der Waals surface area contributed by atoms with Crippen LogP contribution >= 0.6 is 0 Å². The highest BCUT2D eigenvalue weighted by Crippen LogP contribution is 2.35. The van der Waals surface area contributed by atoms with Crippen LogP contribution in [0.1, 0.15) is 58.6 Å². The molecule has 0 bridgehead atoms. The maximum Gasteiger partial charge on any atom is 0.229 e. The highest BCUT2D eigenvalue weighted by Gasteiger charge is 2.22. The SMILES string of the molecule is C=CC(/C=C(\CC)CCN(C)c1nc(N(C)c2cc(C(C)(C)C)ccc2C)c2c(ncn2C)n1)C(C)C=N. The predicted octanol–water partition coefficient (Wildman–Crippen LogP) is 6.99. The van der Waals surface area contributed by atoms with Crippen LogP contribution in [0.2, 0.25) is 0 Å². The standard InChI is InChI=1S/C31H45N7/c1-11-23(17-24(12-2)22(4)19-32)15-16-36(8)30-34-28-27(37(9)20-33-28)29(35-30)38(10)26-18-25(31(5,6)7)14-13-21(26)3/h12-14,17-20,22,24,32H,2,11,15-16H2,1,3-10H3/b23-17+,32-19?. The summed E-state index contributed by atoms with van der Waals surface area (Å²) < 4.78 is 1.99. The molecular weight excluding hydrogens is 470 g/mol. The van der Waals surface area contributed by atoms with Crippen LogP contribution in [-0.2, 0) is 12.5 Å². The van der Waals surface area contributed by atoms with Crippen molar-refractivity contribution in [3.05, 3.63) is 60.0 Å². The summed E-state index contributed by atoms with van der Waals surface area (Å²) in [5.74, 6) is 1.80. The molecule has 0 radical (unpaired) electrons. The fourth-order valence-corrected chi connectivity index (χ4v) is 4.59. The number of benzene rings is 1. The van der Waals surface area contributed by atoms with Gasteiger partial charge in [0.25, 0.3) is 0 Å². The zero-order valence-corrected chi connectivity index (χ0v) is 24.7. The second-order valence-corrected chi connectivity index (χ2v) is 11.4. The molecule has 1 N–H and O–H groups in total. The Hall–Kier alpha value is -3.48. The van der Waals surface area contributed by atoms with Crippen molar-refractivity contribution in [3.63, 3.8) is 0 Å². The van der Waals surface area contributed by atoms with E-state index in [1.807, 2.05) is 24.7 Å². The van der Waals surface area contributed by atoms with E-state index < -0.39 is 0 Å². The molecule has 0 saturated carbocycles. The smallest absolute Gasteiger partial charge is 0.229 e. The van der Waals surface area contributed by atoms with E-state index in [1.54, 1.807) is 6.33 Å². The lowest BCUT2D eigenvalue weighted by Crippen LogP contribution is -2.24. The summed E-state index contributed by atoms with van der Waals surface area (Å²) in [6.45, 7) is 17.8. The summed E-state index contributed by atoms with van der Waals surface area (Å²) in [4.78, 5) is 18.8. The summed E-state index contributed by atoms with van der Waals surface area (Å²) in [6, 6.07) is 6.67. The topological polar surface area (TPSA) is 73.9 Å². The number of aromatic nitrogens is 4. The number of aryl methyl sites for hydroxylation is 2. The lowest BCUT2D eigenvalue weighted by molar-refractivity contribution is 0.590. The lowest BCUT2D eigenvalue weighted by atomic mass is 9.86. The van der Waals surface area contributed by atoms with Gasteiger partial charge in [-0.3, -0.25) is 0 Å². The van der Waals surface area contributed by atoms with Gasteiger partial charge in [0.1, 0.15) is 5.52 Å². The summed E-state index contributed by atoms with van der Waals surface area (Å²) in [5, 5.41) is 7.63. The van der Waals surface area contributed by atoms with E-state index in [4.69, 9.17) is 15.4 Å². The maximum atomic E-state index is 7.63. The van der Waals surface area contributed by atoms with Crippen molar-refractivity contribution in [2.45, 2.75) is 59.8 Å². The van der Waals surface area contributed by atoms with Crippen molar-refractivity contribution in [2.24, 2.45) is 18.9 Å². The average Bonchev–Trinajstić information content (AvgIpc) is 3.27. The Bertz CT molecular complexity index is 1310. The minimum absolute atomic E-state index is 0.0494. The van der Waals surface area contributed by atoms with Crippen molar-refractivity contribution < 1.29 is 0 Å². The summed E-state index contributed by atoms with van der Waals surface area (Å²) in [5.41, 5.74) is 6.60. The minimum atomic E-state index is 0.0494. The van der Waals surface area contributed by atoms with Crippen LogP contribution in [-0.4, -0.2) is 46.4 Å². The first kappa shape index (κ1) is 29.1. The number of allylic oxidation sites excluding steroid dienone is 2. The number of nitrogens with one attached hydrogen (secondary N) is 1. The molecule has 2 aromatic heterocycles. The quantitative estimate of drug-likeness (QED) is 0.220. The lowest BCUT2D eigenvalue weighted by Gasteiger charge is -2.27. The second-order valence-electron chi connectivity index (χ2n) is 11.4. The Morgan fingerprint density at radius 3 is 2.53 bits per heavy atom. The normalized spacial score (nSPS) is 13.9. The van der Waals surface area contributed by atoms with Crippen molar-refractivity contribution in [3.8, 4) is 0 Å². The molecule has 0 amide bonds. The number of hydrogen-bond donors (Lipinski definition) is 1. The minimum Gasteiger partial charge on any atom is -0.343 e. The second kappa shape index (κ2) is 11.9. The van der Waals surface area contributed by atoms with Crippen LogP contribution in [0, 0.1) is 24.2 Å². The molecular formula is C31H45N7. The number of imidazole rings is 1. The molecule has 3 rings (SSSR count). The van der Waals surface area contributed by atoms with E-state index >= 15 is 0 Å².